The minimum absolute atomic E-state index is 0.133. The van der Waals surface area contributed by atoms with Gasteiger partial charge in [-0.25, -0.2) is 0 Å². The molecule has 0 aromatic heterocycles. The van der Waals surface area contributed by atoms with Crippen molar-refractivity contribution < 1.29 is 25.2 Å². The molecule has 1 aliphatic carbocycles. The molecule has 2 aromatic rings. The van der Waals surface area contributed by atoms with Crippen molar-refractivity contribution in [1.82, 2.24) is 0 Å². The Morgan fingerprint density at radius 3 is 1.60 bits per heavy atom. The first kappa shape index (κ1) is 31.8. The van der Waals surface area contributed by atoms with Crippen molar-refractivity contribution in [2.24, 2.45) is 0 Å². The fraction of sp³-hybridized carbons (Fsp3) is 0.606. The molecule has 0 bridgehead atoms. The standard InChI is InChI=1S/C33H48N2O5/c1-5-9-11-13-19-34(7-3)23-15-17-25(27(36)21-23)29-31(38)30(33(40)32(29)39)26-18-16-24(22-28(26)37)35(8-4)20-14-12-10-6-2/h15-18,21-22,29-32,36-37H,5-14,19-20H2,1-4H3/q-2. The molecule has 1 fully saturated rings. The smallest absolute Gasteiger partial charge is 0.126 e. The van der Waals surface area contributed by atoms with Crippen molar-refractivity contribution in [1.29, 1.82) is 0 Å². The lowest BCUT2D eigenvalue weighted by Crippen LogP contribution is -2.39. The van der Waals surface area contributed by atoms with E-state index in [-0.39, 0.29) is 22.6 Å². The minimum atomic E-state index is -1.80. The summed E-state index contributed by atoms with van der Waals surface area (Å²) in [6.07, 6.45) is 5.66. The first-order chi connectivity index (χ1) is 19.3. The number of benzene rings is 2. The zero-order chi connectivity index (χ0) is 29.2. The number of rotatable bonds is 16. The lowest BCUT2D eigenvalue weighted by molar-refractivity contribution is -0.451. The quantitative estimate of drug-likeness (QED) is 0.287. The molecule has 0 amide bonds. The molecule has 4 unspecified atom stereocenters. The number of nitrogens with zero attached hydrogens (tertiary/aromatic N) is 2. The highest BCUT2D eigenvalue weighted by atomic mass is 16.3. The first-order valence-electron chi connectivity index (χ1n) is 15.3. The fourth-order valence-corrected chi connectivity index (χ4v) is 5.97. The number of hydrogen-bond acceptors (Lipinski definition) is 7. The van der Waals surface area contributed by atoms with Gasteiger partial charge in [0.15, 0.2) is 0 Å². The summed E-state index contributed by atoms with van der Waals surface area (Å²) in [5.41, 5.74) is 2.06. The number of phenolic OH excluding ortho intramolecular Hbond substituents is 2. The molecule has 0 aliphatic heterocycles. The van der Waals surface area contributed by atoms with Gasteiger partial charge in [0.05, 0.1) is 0 Å². The second kappa shape index (κ2) is 15.3. The number of ketones is 1. The fourth-order valence-electron chi connectivity index (χ4n) is 5.97. The predicted molar refractivity (Wildman–Crippen MR) is 158 cm³/mol. The largest absolute Gasteiger partial charge is 0.851 e. The maximum absolute atomic E-state index is 13.6. The highest BCUT2D eigenvalue weighted by Crippen LogP contribution is 2.45. The normalized spacial score (nSPS) is 20.7. The van der Waals surface area contributed by atoms with Gasteiger partial charge in [-0.2, -0.15) is 0 Å². The molecule has 0 saturated heterocycles. The van der Waals surface area contributed by atoms with Gasteiger partial charge in [0.25, 0.3) is 0 Å². The number of aromatic hydroxyl groups is 2. The summed E-state index contributed by atoms with van der Waals surface area (Å²) >= 11 is 0. The van der Waals surface area contributed by atoms with E-state index in [9.17, 15) is 25.2 Å². The lowest BCUT2D eigenvalue weighted by atomic mass is 9.88. The Bertz CT molecular complexity index is 1090. The van der Waals surface area contributed by atoms with E-state index in [1.807, 2.05) is 12.1 Å². The van der Waals surface area contributed by atoms with Crippen LogP contribution in [0.5, 0.6) is 11.5 Å². The van der Waals surface area contributed by atoms with E-state index >= 15 is 0 Å². The van der Waals surface area contributed by atoms with Crippen LogP contribution in [0.4, 0.5) is 11.4 Å². The van der Waals surface area contributed by atoms with E-state index < -0.39 is 29.8 Å². The van der Waals surface area contributed by atoms with Gasteiger partial charge in [-0.1, -0.05) is 70.6 Å². The summed E-state index contributed by atoms with van der Waals surface area (Å²) in [6, 6.07) is 10.1. The van der Waals surface area contributed by atoms with Crippen LogP contribution in [0.15, 0.2) is 36.4 Å². The van der Waals surface area contributed by atoms with Crippen LogP contribution >= 0.6 is 0 Å². The Labute approximate surface area is 240 Å². The Kier molecular flexibility index (Phi) is 12.1. The second-order valence-electron chi connectivity index (χ2n) is 11.1. The SMILES string of the molecule is CCCCCCN(CC)c1ccc(C2C(=O)C([O-])C(c3ccc(N(CC)CCCCCC)cc3O)C2[O-])c(O)c1. The molecule has 0 heterocycles. The Morgan fingerprint density at radius 2 is 1.18 bits per heavy atom. The summed E-state index contributed by atoms with van der Waals surface area (Å²) < 4.78 is 0. The minimum Gasteiger partial charge on any atom is -0.851 e. The van der Waals surface area contributed by atoms with Crippen LogP contribution in [0.25, 0.3) is 0 Å². The third-order valence-electron chi connectivity index (χ3n) is 8.37. The maximum atomic E-state index is 13.6. The maximum Gasteiger partial charge on any atom is 0.126 e. The Morgan fingerprint density at radius 1 is 0.700 bits per heavy atom. The van der Waals surface area contributed by atoms with Crippen LogP contribution in [-0.2, 0) is 4.79 Å². The van der Waals surface area contributed by atoms with E-state index in [0.29, 0.717) is 0 Å². The van der Waals surface area contributed by atoms with E-state index in [4.69, 9.17) is 0 Å². The summed E-state index contributed by atoms with van der Waals surface area (Å²) in [6.45, 7) is 11.7. The number of anilines is 2. The molecule has 0 radical (unpaired) electrons. The van der Waals surface area contributed by atoms with Gasteiger partial charge < -0.3 is 35.0 Å². The number of carbonyl (C=O) groups is 1. The molecular weight excluding hydrogens is 504 g/mol. The van der Waals surface area contributed by atoms with Gasteiger partial charge in [0, 0.05) is 61.2 Å². The Hall–Kier alpha value is -2.77. The van der Waals surface area contributed by atoms with Crippen molar-refractivity contribution in [3.8, 4) is 11.5 Å². The molecule has 222 valence electrons. The Balaban J connectivity index is 1.79. The molecule has 7 nitrogen and oxygen atoms in total. The van der Waals surface area contributed by atoms with Crippen molar-refractivity contribution in [2.45, 2.75) is 103 Å². The second-order valence-corrected chi connectivity index (χ2v) is 11.1. The number of hydrogen-bond donors (Lipinski definition) is 2. The molecule has 4 atom stereocenters. The van der Waals surface area contributed by atoms with Crippen LogP contribution in [0.3, 0.4) is 0 Å². The lowest BCUT2D eigenvalue weighted by Gasteiger charge is -2.34. The molecule has 3 rings (SSSR count). The number of Topliss-reactive ketones (excluding diaryl/α,β-unsaturated/α-hetero) is 1. The van der Waals surface area contributed by atoms with Gasteiger partial charge in [-0.05, 0) is 50.3 Å². The highest BCUT2D eigenvalue weighted by Gasteiger charge is 2.42. The monoisotopic (exact) mass is 552 g/mol. The number of phenols is 2. The van der Waals surface area contributed by atoms with Gasteiger partial charge in [0.2, 0.25) is 0 Å². The molecule has 2 aromatic carbocycles. The topological polar surface area (TPSA) is 110 Å². The van der Waals surface area contributed by atoms with Crippen LogP contribution in [0.2, 0.25) is 0 Å². The number of carbonyl (C=O) groups excluding carboxylic acids is 1. The third-order valence-corrected chi connectivity index (χ3v) is 8.37. The molecule has 0 spiro atoms. The molecule has 40 heavy (non-hydrogen) atoms. The van der Waals surface area contributed by atoms with Crippen LogP contribution in [-0.4, -0.2) is 54.4 Å². The van der Waals surface area contributed by atoms with Crippen molar-refractivity contribution in [2.75, 3.05) is 36.0 Å². The predicted octanol–water partition coefficient (Wildman–Crippen LogP) is 4.82. The summed E-state index contributed by atoms with van der Waals surface area (Å²) in [4.78, 5) is 17.4. The van der Waals surface area contributed by atoms with Crippen LogP contribution < -0.4 is 20.0 Å². The highest BCUT2D eigenvalue weighted by molar-refractivity contribution is 5.94. The van der Waals surface area contributed by atoms with E-state index in [2.05, 4.69) is 37.5 Å². The zero-order valence-electron chi connectivity index (χ0n) is 24.8. The molecule has 1 aliphatic rings. The zero-order valence-corrected chi connectivity index (χ0v) is 24.8. The molecule has 1 saturated carbocycles. The third kappa shape index (κ3) is 7.29. The van der Waals surface area contributed by atoms with E-state index in [1.165, 1.54) is 12.8 Å². The average Bonchev–Trinajstić information content (AvgIpc) is 3.16. The van der Waals surface area contributed by atoms with Crippen molar-refractivity contribution in [3.05, 3.63) is 47.5 Å². The van der Waals surface area contributed by atoms with Crippen molar-refractivity contribution in [3.63, 3.8) is 0 Å². The van der Waals surface area contributed by atoms with Gasteiger partial charge in [-0.3, -0.25) is 0 Å². The summed E-state index contributed by atoms with van der Waals surface area (Å²) in [7, 11) is 0. The van der Waals surface area contributed by atoms with Crippen molar-refractivity contribution >= 4 is 17.2 Å². The molecule has 7 heteroatoms. The average molecular weight is 553 g/mol. The van der Waals surface area contributed by atoms with E-state index in [1.54, 1.807) is 24.3 Å². The van der Waals surface area contributed by atoms with E-state index in [0.717, 1.165) is 76.1 Å². The number of unbranched alkanes of at least 4 members (excludes halogenated alkanes) is 6. The van der Waals surface area contributed by atoms with Crippen LogP contribution in [0.1, 0.15) is 102 Å². The summed E-state index contributed by atoms with van der Waals surface area (Å²) in [5, 5.41) is 48.6. The van der Waals surface area contributed by atoms with Crippen LogP contribution in [0, 0.1) is 0 Å². The van der Waals surface area contributed by atoms with Gasteiger partial charge in [-0.15, -0.1) is 6.10 Å². The van der Waals surface area contributed by atoms with Gasteiger partial charge in [0.1, 0.15) is 17.3 Å². The first-order valence-corrected chi connectivity index (χ1v) is 15.3. The summed E-state index contributed by atoms with van der Waals surface area (Å²) in [5.74, 6) is -3.47. The van der Waals surface area contributed by atoms with Gasteiger partial charge >= 0.3 is 0 Å². The molecule has 2 N–H and O–H groups in total. The molecular formula is C33H48N2O5-2.